The van der Waals surface area contributed by atoms with Gasteiger partial charge in [-0.1, -0.05) is 32.5 Å². The summed E-state index contributed by atoms with van der Waals surface area (Å²) in [7, 11) is -3.54. The van der Waals surface area contributed by atoms with Gasteiger partial charge in [0.2, 0.25) is 15.9 Å². The molecule has 0 saturated carbocycles. The molecule has 1 aromatic heterocycles. The zero-order chi connectivity index (χ0) is 18.4. The van der Waals surface area contributed by atoms with E-state index < -0.39 is 10.0 Å². The maximum Gasteiger partial charge on any atom is 0.257 e. The third-order valence-corrected chi connectivity index (χ3v) is 6.46. The molecule has 7 nitrogen and oxygen atoms in total. The third-order valence-electron chi connectivity index (χ3n) is 3.58. The number of oxazole rings is 1. The summed E-state index contributed by atoms with van der Waals surface area (Å²) in [5.41, 5.74) is 0.958. The van der Waals surface area contributed by atoms with Crippen molar-refractivity contribution in [2.24, 2.45) is 0 Å². The van der Waals surface area contributed by atoms with Crippen LogP contribution in [0.3, 0.4) is 0 Å². The third kappa shape index (κ3) is 4.74. The van der Waals surface area contributed by atoms with E-state index in [2.05, 4.69) is 10.3 Å². The van der Waals surface area contributed by atoms with Crippen LogP contribution in [0.4, 0.5) is 0 Å². The number of thioether (sulfide) groups is 1. The van der Waals surface area contributed by atoms with Crippen molar-refractivity contribution in [1.82, 2.24) is 14.6 Å². The Morgan fingerprint density at radius 3 is 2.64 bits per heavy atom. The first-order chi connectivity index (χ1) is 11.9. The Bertz CT molecular complexity index is 829. The fourth-order valence-corrected chi connectivity index (χ4v) is 4.41. The second-order valence-corrected chi connectivity index (χ2v) is 8.20. The predicted molar refractivity (Wildman–Crippen MR) is 98.1 cm³/mol. The number of amides is 1. The van der Waals surface area contributed by atoms with Crippen LogP contribution in [-0.2, 0) is 14.8 Å². The monoisotopic (exact) mass is 385 g/mol. The number of nitrogens with one attached hydrogen (secondary N) is 1. The SMILES string of the molecule is CCCNC(=O)CSc1nc2cc(S(=O)(=O)N(CC)CC)ccc2o1. The number of carbonyl (C=O) groups is 1. The molecule has 1 amide bonds. The van der Waals surface area contributed by atoms with E-state index in [9.17, 15) is 13.2 Å². The van der Waals surface area contributed by atoms with Crippen LogP contribution in [0.2, 0.25) is 0 Å². The van der Waals surface area contributed by atoms with Crippen LogP contribution in [0.1, 0.15) is 27.2 Å². The van der Waals surface area contributed by atoms with Gasteiger partial charge in [-0.25, -0.2) is 13.4 Å². The minimum atomic E-state index is -3.54. The molecular formula is C16H23N3O4S2. The molecule has 1 aromatic carbocycles. The van der Waals surface area contributed by atoms with E-state index in [0.717, 1.165) is 6.42 Å². The molecule has 0 unspecified atom stereocenters. The summed E-state index contributed by atoms with van der Waals surface area (Å²) in [5, 5.41) is 3.12. The van der Waals surface area contributed by atoms with Crippen LogP contribution in [0.15, 0.2) is 32.7 Å². The summed E-state index contributed by atoms with van der Waals surface area (Å²) in [6.07, 6.45) is 0.878. The molecule has 0 bridgehead atoms. The van der Waals surface area contributed by atoms with Crippen molar-refractivity contribution in [2.45, 2.75) is 37.3 Å². The van der Waals surface area contributed by atoms with Crippen LogP contribution in [0.25, 0.3) is 11.1 Å². The molecule has 0 fully saturated rings. The Hall–Kier alpha value is -1.58. The van der Waals surface area contributed by atoms with Crippen LogP contribution >= 0.6 is 11.8 Å². The van der Waals surface area contributed by atoms with Gasteiger partial charge in [0.05, 0.1) is 10.6 Å². The highest BCUT2D eigenvalue weighted by atomic mass is 32.2. The molecule has 25 heavy (non-hydrogen) atoms. The zero-order valence-electron chi connectivity index (χ0n) is 14.6. The first-order valence-corrected chi connectivity index (χ1v) is 10.6. The molecule has 0 spiro atoms. The molecule has 0 aliphatic heterocycles. The topological polar surface area (TPSA) is 92.5 Å². The summed E-state index contributed by atoms with van der Waals surface area (Å²) >= 11 is 1.18. The highest BCUT2D eigenvalue weighted by Gasteiger charge is 2.22. The average Bonchev–Trinajstić information content (AvgIpc) is 3.01. The summed E-state index contributed by atoms with van der Waals surface area (Å²) in [6, 6.07) is 4.62. The molecular weight excluding hydrogens is 362 g/mol. The summed E-state index contributed by atoms with van der Waals surface area (Å²) in [4.78, 5) is 16.1. The Morgan fingerprint density at radius 2 is 2.00 bits per heavy atom. The molecule has 138 valence electrons. The van der Waals surface area contributed by atoms with Gasteiger partial charge in [0.15, 0.2) is 5.58 Å². The van der Waals surface area contributed by atoms with E-state index in [4.69, 9.17) is 4.42 Å². The van der Waals surface area contributed by atoms with Gasteiger partial charge in [-0.05, 0) is 24.6 Å². The van der Waals surface area contributed by atoms with E-state index in [1.165, 1.54) is 28.2 Å². The summed E-state index contributed by atoms with van der Waals surface area (Å²) < 4.78 is 32.1. The van der Waals surface area contributed by atoms with Crippen molar-refractivity contribution in [2.75, 3.05) is 25.4 Å². The molecule has 1 heterocycles. The molecule has 2 aromatic rings. The van der Waals surface area contributed by atoms with Gasteiger partial charge in [-0.3, -0.25) is 4.79 Å². The largest absolute Gasteiger partial charge is 0.431 e. The van der Waals surface area contributed by atoms with E-state index in [1.54, 1.807) is 19.9 Å². The number of hydrogen-bond donors (Lipinski definition) is 1. The number of sulfonamides is 1. The predicted octanol–water partition coefficient (Wildman–Crippen LogP) is 2.48. The number of aromatic nitrogens is 1. The average molecular weight is 386 g/mol. The molecule has 0 aliphatic carbocycles. The molecule has 1 N–H and O–H groups in total. The lowest BCUT2D eigenvalue weighted by Gasteiger charge is -2.18. The quantitative estimate of drug-likeness (QED) is 0.667. The lowest BCUT2D eigenvalue weighted by Crippen LogP contribution is -2.30. The van der Waals surface area contributed by atoms with Crippen molar-refractivity contribution in [3.8, 4) is 0 Å². The number of hydrogen-bond acceptors (Lipinski definition) is 6. The second-order valence-electron chi connectivity index (χ2n) is 5.34. The first kappa shape index (κ1) is 19.7. The highest BCUT2D eigenvalue weighted by Crippen LogP contribution is 2.26. The lowest BCUT2D eigenvalue weighted by molar-refractivity contribution is -0.118. The fourth-order valence-electron chi connectivity index (χ4n) is 2.26. The minimum absolute atomic E-state index is 0.0843. The van der Waals surface area contributed by atoms with Gasteiger partial charge < -0.3 is 9.73 Å². The molecule has 0 atom stereocenters. The van der Waals surface area contributed by atoms with Gasteiger partial charge in [0, 0.05) is 19.6 Å². The Morgan fingerprint density at radius 1 is 1.28 bits per heavy atom. The van der Waals surface area contributed by atoms with Crippen molar-refractivity contribution in [3.63, 3.8) is 0 Å². The van der Waals surface area contributed by atoms with Crippen molar-refractivity contribution in [3.05, 3.63) is 18.2 Å². The van der Waals surface area contributed by atoms with E-state index in [0.29, 0.717) is 36.0 Å². The Kier molecular flexibility index (Phi) is 6.86. The van der Waals surface area contributed by atoms with Gasteiger partial charge in [0.25, 0.3) is 5.22 Å². The molecule has 0 radical (unpaired) electrons. The highest BCUT2D eigenvalue weighted by molar-refractivity contribution is 7.99. The van der Waals surface area contributed by atoms with E-state index in [-0.39, 0.29) is 16.6 Å². The number of nitrogens with zero attached hydrogens (tertiary/aromatic N) is 2. The van der Waals surface area contributed by atoms with Gasteiger partial charge >= 0.3 is 0 Å². The van der Waals surface area contributed by atoms with E-state index >= 15 is 0 Å². The second kappa shape index (κ2) is 8.68. The van der Waals surface area contributed by atoms with Gasteiger partial charge in [0.1, 0.15) is 5.52 Å². The minimum Gasteiger partial charge on any atom is -0.431 e. The summed E-state index contributed by atoms with van der Waals surface area (Å²) in [5.74, 6) is 0.121. The molecule has 2 rings (SSSR count). The normalized spacial score (nSPS) is 12.0. The van der Waals surface area contributed by atoms with E-state index in [1.807, 2.05) is 6.92 Å². The molecule has 0 saturated heterocycles. The molecule has 0 aliphatic rings. The Labute approximate surface area is 152 Å². The standard InChI is InChI=1S/C16H23N3O4S2/c1-4-9-17-15(20)11-24-16-18-13-10-12(7-8-14(13)23-16)25(21,22)19(5-2)6-3/h7-8,10H,4-6,9,11H2,1-3H3,(H,17,20). The first-order valence-electron chi connectivity index (χ1n) is 8.22. The van der Waals surface area contributed by atoms with Crippen molar-refractivity contribution >= 4 is 38.8 Å². The number of carbonyl (C=O) groups excluding carboxylic acids is 1. The number of rotatable bonds is 9. The lowest BCUT2D eigenvalue weighted by atomic mass is 10.3. The number of benzene rings is 1. The van der Waals surface area contributed by atoms with Gasteiger partial charge in [-0.2, -0.15) is 4.31 Å². The smallest absolute Gasteiger partial charge is 0.257 e. The van der Waals surface area contributed by atoms with Crippen LogP contribution in [-0.4, -0.2) is 49.0 Å². The zero-order valence-corrected chi connectivity index (χ0v) is 16.2. The maximum absolute atomic E-state index is 12.6. The Balaban J connectivity index is 2.17. The van der Waals surface area contributed by atoms with Crippen LogP contribution in [0, 0.1) is 0 Å². The van der Waals surface area contributed by atoms with Crippen LogP contribution < -0.4 is 5.32 Å². The van der Waals surface area contributed by atoms with Crippen LogP contribution in [0.5, 0.6) is 0 Å². The summed E-state index contributed by atoms with van der Waals surface area (Å²) in [6.45, 7) is 7.03. The number of fused-ring (bicyclic) bond motifs is 1. The van der Waals surface area contributed by atoms with Crippen molar-refractivity contribution < 1.29 is 17.6 Å². The van der Waals surface area contributed by atoms with Gasteiger partial charge in [-0.15, -0.1) is 0 Å². The molecule has 9 heteroatoms. The fraction of sp³-hybridized carbons (Fsp3) is 0.500. The van der Waals surface area contributed by atoms with Crippen molar-refractivity contribution in [1.29, 1.82) is 0 Å². The maximum atomic E-state index is 12.6.